The SMILES string of the molecule is Cc1cc(=O)oc2cc(O[C@H]3O[C@@H](CO)[C@H](O)[C@H](O)[C@@H]3O)ccc12. The van der Waals surface area contributed by atoms with Crippen LogP contribution in [0.4, 0.5) is 0 Å². The summed E-state index contributed by atoms with van der Waals surface area (Å²) < 4.78 is 15.9. The van der Waals surface area contributed by atoms with E-state index in [1.807, 2.05) is 0 Å². The van der Waals surface area contributed by atoms with Crippen LogP contribution in [0.1, 0.15) is 5.56 Å². The number of ether oxygens (including phenoxy) is 2. The van der Waals surface area contributed by atoms with Gasteiger partial charge in [-0.05, 0) is 24.6 Å². The zero-order valence-electron chi connectivity index (χ0n) is 12.8. The Bertz CT molecular complexity index is 783. The van der Waals surface area contributed by atoms with Crippen molar-refractivity contribution in [1.82, 2.24) is 0 Å². The van der Waals surface area contributed by atoms with Gasteiger partial charge in [-0.1, -0.05) is 0 Å². The van der Waals surface area contributed by atoms with Crippen LogP contribution in [0.3, 0.4) is 0 Å². The lowest BCUT2D eigenvalue weighted by atomic mass is 9.99. The lowest BCUT2D eigenvalue weighted by Crippen LogP contribution is -2.60. The van der Waals surface area contributed by atoms with Gasteiger partial charge in [0.15, 0.2) is 0 Å². The molecule has 24 heavy (non-hydrogen) atoms. The number of aryl methyl sites for hydroxylation is 1. The zero-order valence-corrected chi connectivity index (χ0v) is 12.8. The minimum Gasteiger partial charge on any atom is -0.462 e. The summed E-state index contributed by atoms with van der Waals surface area (Å²) >= 11 is 0. The van der Waals surface area contributed by atoms with Gasteiger partial charge in [0, 0.05) is 17.5 Å². The van der Waals surface area contributed by atoms with Crippen LogP contribution in [0.2, 0.25) is 0 Å². The predicted molar refractivity (Wildman–Crippen MR) is 81.6 cm³/mol. The first-order valence-electron chi connectivity index (χ1n) is 7.42. The number of aliphatic hydroxyl groups excluding tert-OH is 4. The van der Waals surface area contributed by atoms with Crippen molar-refractivity contribution in [1.29, 1.82) is 0 Å². The Balaban J connectivity index is 1.87. The standard InChI is InChI=1S/C16H18O8/c1-7-4-12(18)23-10-5-8(2-3-9(7)10)22-16-15(21)14(20)13(19)11(6-17)24-16/h2-5,11,13-17,19-21H,6H2,1H3/t11-,13-,14-,15-,16-/m0/s1. The van der Waals surface area contributed by atoms with Gasteiger partial charge in [0.1, 0.15) is 35.7 Å². The molecule has 0 spiro atoms. The molecule has 1 aromatic heterocycles. The van der Waals surface area contributed by atoms with Crippen molar-refractivity contribution in [2.75, 3.05) is 6.61 Å². The van der Waals surface area contributed by atoms with Gasteiger partial charge in [-0.25, -0.2) is 4.79 Å². The average Bonchev–Trinajstić information content (AvgIpc) is 2.55. The van der Waals surface area contributed by atoms with E-state index in [4.69, 9.17) is 19.0 Å². The second-order valence-electron chi connectivity index (χ2n) is 5.72. The molecule has 8 heteroatoms. The maximum absolute atomic E-state index is 11.5. The monoisotopic (exact) mass is 338 g/mol. The fourth-order valence-electron chi connectivity index (χ4n) is 2.68. The van der Waals surface area contributed by atoms with Gasteiger partial charge in [-0.3, -0.25) is 0 Å². The van der Waals surface area contributed by atoms with Gasteiger partial charge >= 0.3 is 5.63 Å². The van der Waals surface area contributed by atoms with Crippen LogP contribution in [0.15, 0.2) is 33.5 Å². The van der Waals surface area contributed by atoms with E-state index in [0.717, 1.165) is 10.9 Å². The molecule has 0 bridgehead atoms. The molecule has 0 saturated carbocycles. The molecule has 1 aromatic carbocycles. The lowest BCUT2D eigenvalue weighted by molar-refractivity contribution is -0.277. The van der Waals surface area contributed by atoms with Crippen LogP contribution in [-0.2, 0) is 4.74 Å². The Labute approximate surface area is 136 Å². The molecule has 5 atom stereocenters. The molecular weight excluding hydrogens is 320 g/mol. The summed E-state index contributed by atoms with van der Waals surface area (Å²) in [5, 5.41) is 39.4. The summed E-state index contributed by atoms with van der Waals surface area (Å²) in [5.41, 5.74) is 0.563. The van der Waals surface area contributed by atoms with Crippen molar-refractivity contribution in [2.45, 2.75) is 37.6 Å². The van der Waals surface area contributed by atoms with Crippen molar-refractivity contribution in [3.63, 3.8) is 0 Å². The topological polar surface area (TPSA) is 130 Å². The van der Waals surface area contributed by atoms with E-state index in [1.54, 1.807) is 19.1 Å². The van der Waals surface area contributed by atoms with Crippen molar-refractivity contribution in [3.8, 4) is 5.75 Å². The molecule has 130 valence electrons. The summed E-state index contributed by atoms with van der Waals surface area (Å²) in [6, 6.07) is 6.12. The molecular formula is C16H18O8. The van der Waals surface area contributed by atoms with Gasteiger partial charge in [0.05, 0.1) is 6.61 Å². The van der Waals surface area contributed by atoms with E-state index in [0.29, 0.717) is 5.58 Å². The number of fused-ring (bicyclic) bond motifs is 1. The van der Waals surface area contributed by atoms with E-state index in [-0.39, 0.29) is 5.75 Å². The van der Waals surface area contributed by atoms with Crippen molar-refractivity contribution in [3.05, 3.63) is 40.2 Å². The summed E-state index contributed by atoms with van der Waals surface area (Å²) in [6.07, 6.45) is -6.85. The minimum atomic E-state index is -1.53. The van der Waals surface area contributed by atoms with Crippen LogP contribution >= 0.6 is 0 Å². The zero-order chi connectivity index (χ0) is 17.4. The Morgan fingerprint density at radius 1 is 1.12 bits per heavy atom. The highest BCUT2D eigenvalue weighted by Gasteiger charge is 2.44. The molecule has 1 aliphatic rings. The van der Waals surface area contributed by atoms with Gasteiger partial charge in [-0.15, -0.1) is 0 Å². The maximum atomic E-state index is 11.5. The van der Waals surface area contributed by atoms with Crippen LogP contribution in [-0.4, -0.2) is 57.7 Å². The van der Waals surface area contributed by atoms with Crippen LogP contribution in [0, 0.1) is 6.92 Å². The highest BCUT2D eigenvalue weighted by atomic mass is 16.7. The second kappa shape index (κ2) is 6.50. The molecule has 0 aliphatic carbocycles. The quantitative estimate of drug-likeness (QED) is 0.540. The fraction of sp³-hybridized carbons (Fsp3) is 0.438. The molecule has 1 aliphatic heterocycles. The molecule has 0 radical (unpaired) electrons. The third-order valence-electron chi connectivity index (χ3n) is 4.02. The van der Waals surface area contributed by atoms with E-state index in [2.05, 4.69) is 0 Å². The summed E-state index contributed by atoms with van der Waals surface area (Å²) in [7, 11) is 0. The second-order valence-corrected chi connectivity index (χ2v) is 5.72. The average molecular weight is 338 g/mol. The minimum absolute atomic E-state index is 0.237. The van der Waals surface area contributed by atoms with Gasteiger partial charge in [0.2, 0.25) is 6.29 Å². The molecule has 0 amide bonds. The summed E-state index contributed by atoms with van der Waals surface area (Å²) in [5.74, 6) is 0.237. The highest BCUT2D eigenvalue weighted by Crippen LogP contribution is 2.27. The largest absolute Gasteiger partial charge is 0.462 e. The summed E-state index contributed by atoms with van der Waals surface area (Å²) in [4.78, 5) is 11.5. The first-order chi connectivity index (χ1) is 11.4. The summed E-state index contributed by atoms with van der Waals surface area (Å²) in [6.45, 7) is 1.23. The molecule has 1 fully saturated rings. The molecule has 8 nitrogen and oxygen atoms in total. The van der Waals surface area contributed by atoms with E-state index < -0.39 is 42.9 Å². The van der Waals surface area contributed by atoms with E-state index in [1.165, 1.54) is 12.1 Å². The normalized spacial score (nSPS) is 30.5. The first-order valence-corrected chi connectivity index (χ1v) is 7.42. The van der Waals surface area contributed by atoms with Gasteiger partial charge in [0.25, 0.3) is 0 Å². The smallest absolute Gasteiger partial charge is 0.336 e. The van der Waals surface area contributed by atoms with Crippen molar-refractivity contribution >= 4 is 11.0 Å². The molecule has 3 rings (SSSR count). The predicted octanol–water partition coefficient (Wildman–Crippen LogP) is -0.720. The Hall–Kier alpha value is -1.97. The van der Waals surface area contributed by atoms with E-state index in [9.17, 15) is 20.1 Å². The number of benzene rings is 1. The molecule has 1 saturated heterocycles. The molecule has 2 heterocycles. The van der Waals surface area contributed by atoms with E-state index >= 15 is 0 Å². The lowest BCUT2D eigenvalue weighted by Gasteiger charge is -2.39. The Morgan fingerprint density at radius 3 is 2.58 bits per heavy atom. The number of hydrogen-bond acceptors (Lipinski definition) is 8. The van der Waals surface area contributed by atoms with Crippen molar-refractivity contribution < 1.29 is 34.3 Å². The van der Waals surface area contributed by atoms with Gasteiger partial charge in [-0.2, -0.15) is 0 Å². The van der Waals surface area contributed by atoms with Crippen molar-refractivity contribution in [2.24, 2.45) is 0 Å². The third kappa shape index (κ3) is 3.02. The van der Waals surface area contributed by atoms with Crippen LogP contribution < -0.4 is 10.4 Å². The third-order valence-corrected chi connectivity index (χ3v) is 4.02. The Morgan fingerprint density at radius 2 is 1.88 bits per heavy atom. The molecule has 4 N–H and O–H groups in total. The fourth-order valence-corrected chi connectivity index (χ4v) is 2.68. The number of rotatable bonds is 3. The number of aliphatic hydroxyl groups is 4. The molecule has 0 unspecified atom stereocenters. The molecule has 2 aromatic rings. The van der Waals surface area contributed by atoms with Crippen LogP contribution in [0.5, 0.6) is 5.75 Å². The first kappa shape index (κ1) is 16.9. The van der Waals surface area contributed by atoms with Gasteiger partial charge < -0.3 is 34.3 Å². The van der Waals surface area contributed by atoms with Crippen LogP contribution in [0.25, 0.3) is 11.0 Å². The number of hydrogen-bond donors (Lipinski definition) is 4. The maximum Gasteiger partial charge on any atom is 0.336 e. The Kier molecular flexibility index (Phi) is 4.57. The highest BCUT2D eigenvalue weighted by molar-refractivity contribution is 5.81.